The molecule has 0 spiro atoms. The molecule has 2 aromatic carbocycles. The van der Waals surface area contributed by atoms with E-state index in [0.29, 0.717) is 11.5 Å². The Balaban J connectivity index is 1.87. The maximum atomic E-state index is 13.0. The van der Waals surface area contributed by atoms with Crippen LogP contribution in [0.25, 0.3) is 0 Å². The van der Waals surface area contributed by atoms with Crippen molar-refractivity contribution < 1.29 is 4.79 Å². The van der Waals surface area contributed by atoms with Crippen LogP contribution >= 0.6 is 12.6 Å². The van der Waals surface area contributed by atoms with Crippen molar-refractivity contribution in [3.63, 3.8) is 0 Å². The van der Waals surface area contributed by atoms with Crippen molar-refractivity contribution in [2.75, 3.05) is 5.32 Å². The summed E-state index contributed by atoms with van der Waals surface area (Å²) in [6, 6.07) is 17.8. The van der Waals surface area contributed by atoms with Crippen LogP contribution in [0.3, 0.4) is 0 Å². The van der Waals surface area contributed by atoms with E-state index in [2.05, 4.69) is 66.7 Å². The van der Waals surface area contributed by atoms with E-state index in [4.69, 9.17) is 0 Å². The lowest BCUT2D eigenvalue weighted by Crippen LogP contribution is -2.47. The Hall–Kier alpha value is -2.24. The monoisotopic (exact) mass is 381 g/mol. The molecule has 2 unspecified atom stereocenters. The molecule has 3 N–H and O–H groups in total. The van der Waals surface area contributed by atoms with Crippen LogP contribution in [0.5, 0.6) is 0 Å². The molecule has 0 saturated heterocycles. The van der Waals surface area contributed by atoms with Crippen molar-refractivity contribution >= 4 is 24.2 Å². The second kappa shape index (κ2) is 8.63. The number of thiol groups is 1. The summed E-state index contributed by atoms with van der Waals surface area (Å²) in [7, 11) is 0. The smallest absolute Gasteiger partial charge is 0.255 e. The maximum absolute atomic E-state index is 13.0. The summed E-state index contributed by atoms with van der Waals surface area (Å²) in [5.41, 5.74) is 4.45. The van der Waals surface area contributed by atoms with Gasteiger partial charge in [0.25, 0.3) is 5.91 Å². The maximum Gasteiger partial charge on any atom is 0.255 e. The highest BCUT2D eigenvalue weighted by atomic mass is 32.1. The van der Waals surface area contributed by atoms with Gasteiger partial charge in [0.1, 0.15) is 5.50 Å². The number of anilines is 1. The summed E-state index contributed by atoms with van der Waals surface area (Å²) in [6.45, 7) is 6.35. The molecule has 0 aromatic heterocycles. The molecule has 5 heteroatoms. The molecule has 0 radical (unpaired) electrons. The average Bonchev–Trinajstić information content (AvgIpc) is 2.62. The molecular formula is C22H27N3OS. The first-order valence-corrected chi connectivity index (χ1v) is 9.82. The Labute approximate surface area is 166 Å². The molecule has 27 heavy (non-hydrogen) atoms. The summed E-state index contributed by atoms with van der Waals surface area (Å²) in [5.74, 6) is 0.499. The summed E-state index contributed by atoms with van der Waals surface area (Å²) >= 11 is 4.52. The zero-order chi connectivity index (χ0) is 19.4. The first kappa shape index (κ1) is 19.5. The topological polar surface area (TPSA) is 53.2 Å². The summed E-state index contributed by atoms with van der Waals surface area (Å²) in [4.78, 5) is 13.0. The number of para-hydroxylation sites is 1. The fraction of sp³-hybridized carbons (Fsp3) is 0.318. The van der Waals surface area contributed by atoms with Gasteiger partial charge in [-0.2, -0.15) is 0 Å². The lowest BCUT2D eigenvalue weighted by molar-refractivity contribution is -0.113. The number of hydrogen-bond donors (Lipinski definition) is 4. The third-order valence-electron chi connectivity index (χ3n) is 4.60. The van der Waals surface area contributed by atoms with E-state index >= 15 is 0 Å². The highest BCUT2D eigenvalue weighted by Gasteiger charge is 2.30. The van der Waals surface area contributed by atoms with E-state index in [0.717, 1.165) is 23.4 Å². The van der Waals surface area contributed by atoms with Crippen molar-refractivity contribution in [3.05, 3.63) is 77.0 Å². The molecule has 2 aromatic rings. The molecule has 4 nitrogen and oxygen atoms in total. The van der Waals surface area contributed by atoms with Crippen LogP contribution in [0.2, 0.25) is 0 Å². The largest absolute Gasteiger partial charge is 0.365 e. The normalized spacial score (nSPS) is 19.7. The molecule has 1 aliphatic heterocycles. The Morgan fingerprint density at radius 1 is 1.11 bits per heavy atom. The number of carbonyl (C=O) groups is 1. The lowest BCUT2D eigenvalue weighted by Gasteiger charge is -2.33. The minimum Gasteiger partial charge on any atom is -0.365 e. The zero-order valence-corrected chi connectivity index (χ0v) is 16.9. The number of allylic oxidation sites excluding steroid dienone is 1. The number of carbonyl (C=O) groups excluding carboxylic acids is 1. The second-order valence-corrected chi connectivity index (χ2v) is 7.86. The molecule has 0 saturated carbocycles. The van der Waals surface area contributed by atoms with Crippen LogP contribution in [0, 0.1) is 5.92 Å². The number of rotatable bonds is 5. The van der Waals surface area contributed by atoms with E-state index in [1.54, 1.807) is 0 Å². The molecule has 0 aliphatic carbocycles. The van der Waals surface area contributed by atoms with Gasteiger partial charge in [-0.25, -0.2) is 0 Å². The van der Waals surface area contributed by atoms with E-state index in [9.17, 15) is 4.79 Å². The standard InChI is InChI=1S/C22H27N3OS/c1-14(2)13-16-9-11-17(12-10-16)20-19(15(3)23-22(27)25-20)21(26)24-18-7-5-4-6-8-18/h4-12,14,20,22-23,25,27H,13H2,1-3H3,(H,24,26). The number of hydrogen-bond acceptors (Lipinski definition) is 4. The quantitative estimate of drug-likeness (QED) is 0.586. The van der Waals surface area contributed by atoms with Gasteiger partial charge in [0.15, 0.2) is 0 Å². The molecule has 142 valence electrons. The SMILES string of the molecule is CC1=C(C(=O)Nc2ccccc2)C(c2ccc(CC(C)C)cc2)NC(S)N1. The molecule has 3 rings (SSSR count). The molecule has 1 amide bonds. The Kier molecular flexibility index (Phi) is 6.24. The zero-order valence-electron chi connectivity index (χ0n) is 16.0. The van der Waals surface area contributed by atoms with Crippen molar-refractivity contribution in [2.24, 2.45) is 5.92 Å². The fourth-order valence-corrected chi connectivity index (χ4v) is 3.73. The molecule has 0 fully saturated rings. The first-order chi connectivity index (χ1) is 12.9. The van der Waals surface area contributed by atoms with Crippen molar-refractivity contribution in [1.29, 1.82) is 0 Å². The van der Waals surface area contributed by atoms with Crippen LogP contribution in [-0.4, -0.2) is 11.4 Å². The molecule has 2 atom stereocenters. The van der Waals surface area contributed by atoms with Crippen molar-refractivity contribution in [3.8, 4) is 0 Å². The van der Waals surface area contributed by atoms with Gasteiger partial charge >= 0.3 is 0 Å². The summed E-state index contributed by atoms with van der Waals surface area (Å²) in [5, 5.41) is 9.57. The minimum absolute atomic E-state index is 0.116. The molecular weight excluding hydrogens is 354 g/mol. The highest BCUT2D eigenvalue weighted by molar-refractivity contribution is 7.80. The van der Waals surface area contributed by atoms with Gasteiger partial charge in [0, 0.05) is 11.4 Å². The fourth-order valence-electron chi connectivity index (χ4n) is 3.38. The van der Waals surface area contributed by atoms with Crippen LogP contribution in [-0.2, 0) is 11.2 Å². The average molecular weight is 382 g/mol. The van der Waals surface area contributed by atoms with E-state index in [-0.39, 0.29) is 17.4 Å². The van der Waals surface area contributed by atoms with Crippen LogP contribution in [0.4, 0.5) is 5.69 Å². The van der Waals surface area contributed by atoms with Gasteiger partial charge in [-0.05, 0) is 42.5 Å². The lowest BCUT2D eigenvalue weighted by atomic mass is 9.93. The van der Waals surface area contributed by atoms with Gasteiger partial charge in [-0.1, -0.05) is 56.3 Å². The second-order valence-electron chi connectivity index (χ2n) is 7.34. The summed E-state index contributed by atoms with van der Waals surface area (Å²) in [6.07, 6.45) is 1.05. The van der Waals surface area contributed by atoms with E-state index in [1.165, 1.54) is 5.56 Å². The van der Waals surface area contributed by atoms with E-state index in [1.807, 2.05) is 37.3 Å². The third kappa shape index (κ3) is 4.93. The van der Waals surface area contributed by atoms with Crippen molar-refractivity contribution in [1.82, 2.24) is 10.6 Å². The van der Waals surface area contributed by atoms with Crippen molar-refractivity contribution in [2.45, 2.75) is 38.7 Å². The van der Waals surface area contributed by atoms with Crippen LogP contribution in [0.15, 0.2) is 65.9 Å². The Bertz CT molecular complexity index is 815. The van der Waals surface area contributed by atoms with Gasteiger partial charge in [-0.3, -0.25) is 10.1 Å². The van der Waals surface area contributed by atoms with Gasteiger partial charge in [-0.15, -0.1) is 12.6 Å². The molecule has 1 heterocycles. The van der Waals surface area contributed by atoms with Crippen LogP contribution < -0.4 is 16.0 Å². The molecule has 1 aliphatic rings. The Morgan fingerprint density at radius 3 is 2.41 bits per heavy atom. The van der Waals surface area contributed by atoms with Gasteiger partial charge < -0.3 is 10.6 Å². The Morgan fingerprint density at radius 2 is 1.78 bits per heavy atom. The predicted octanol–water partition coefficient (Wildman–Crippen LogP) is 4.25. The molecule has 0 bridgehead atoms. The first-order valence-electron chi connectivity index (χ1n) is 9.30. The van der Waals surface area contributed by atoms with Crippen LogP contribution in [0.1, 0.15) is 37.9 Å². The predicted molar refractivity (Wildman–Crippen MR) is 115 cm³/mol. The third-order valence-corrected chi connectivity index (χ3v) is 4.88. The number of benzene rings is 2. The van der Waals surface area contributed by atoms with Gasteiger partial charge in [0.05, 0.1) is 11.6 Å². The number of amides is 1. The van der Waals surface area contributed by atoms with Gasteiger partial charge in [0.2, 0.25) is 0 Å². The minimum atomic E-state index is -0.217. The highest BCUT2D eigenvalue weighted by Crippen LogP contribution is 2.29. The summed E-state index contributed by atoms with van der Waals surface area (Å²) < 4.78 is 0. The van der Waals surface area contributed by atoms with E-state index < -0.39 is 0 Å². The number of nitrogens with one attached hydrogen (secondary N) is 3.